The smallest absolute Gasteiger partial charge is 0.251 e. The number of carbonyl (C=O) groups excluding carboxylic acids is 1. The molecule has 2 aliphatic rings. The number of halogens is 1. The van der Waals surface area contributed by atoms with Gasteiger partial charge in [0.15, 0.2) is 16.7 Å². The van der Waals surface area contributed by atoms with Crippen LogP contribution in [0, 0.1) is 0 Å². The summed E-state index contributed by atoms with van der Waals surface area (Å²) in [4.78, 5) is 12.4. The highest BCUT2D eigenvalue weighted by molar-refractivity contribution is 7.98. The Morgan fingerprint density at radius 1 is 1.32 bits per heavy atom. The number of nitrogens with zero attached hydrogens (tertiary/aromatic N) is 3. The van der Waals surface area contributed by atoms with E-state index in [2.05, 4.69) is 20.1 Å². The summed E-state index contributed by atoms with van der Waals surface area (Å²) in [6.45, 7) is 0.677. The molecule has 1 aromatic carbocycles. The van der Waals surface area contributed by atoms with Crippen LogP contribution in [0.1, 0.15) is 54.3 Å². The quantitative estimate of drug-likeness (QED) is 0.539. The molecule has 0 atom stereocenters. The van der Waals surface area contributed by atoms with Crippen molar-refractivity contribution in [1.29, 1.82) is 0 Å². The predicted octanol–water partition coefficient (Wildman–Crippen LogP) is 3.86. The molecule has 1 fully saturated rings. The van der Waals surface area contributed by atoms with Gasteiger partial charge >= 0.3 is 0 Å². The SMILES string of the molecule is CSc1nnc(CCCNC(=O)c2cc(Cl)c3c(c2)OCO3)n1C1CCCC1. The van der Waals surface area contributed by atoms with Crippen LogP contribution in [0.2, 0.25) is 5.02 Å². The molecule has 0 saturated heterocycles. The van der Waals surface area contributed by atoms with Crippen molar-refractivity contribution in [1.82, 2.24) is 20.1 Å². The van der Waals surface area contributed by atoms with Crippen molar-refractivity contribution in [3.05, 3.63) is 28.5 Å². The molecular weight excluding hydrogens is 400 g/mol. The molecule has 28 heavy (non-hydrogen) atoms. The Morgan fingerprint density at radius 2 is 2.14 bits per heavy atom. The maximum atomic E-state index is 12.4. The summed E-state index contributed by atoms with van der Waals surface area (Å²) in [5, 5.41) is 13.0. The number of aromatic nitrogens is 3. The summed E-state index contributed by atoms with van der Waals surface area (Å²) in [5.41, 5.74) is 0.466. The molecule has 2 aromatic rings. The Bertz CT molecular complexity index is 867. The first kappa shape index (κ1) is 19.4. The first-order valence-corrected chi connectivity index (χ1v) is 11.1. The first-order chi connectivity index (χ1) is 13.7. The standard InChI is InChI=1S/C19H23ClN4O3S/c1-28-19-23-22-16(24(19)13-5-2-3-6-13)7-4-8-21-18(25)12-9-14(20)17-15(10-12)26-11-27-17/h9-10,13H,2-8,11H2,1H3,(H,21,25). The Hall–Kier alpha value is -1.93. The second kappa shape index (κ2) is 8.61. The summed E-state index contributed by atoms with van der Waals surface area (Å²) >= 11 is 7.79. The van der Waals surface area contributed by atoms with E-state index in [1.807, 2.05) is 6.26 Å². The van der Waals surface area contributed by atoms with E-state index >= 15 is 0 Å². The van der Waals surface area contributed by atoms with Crippen LogP contribution in [0.4, 0.5) is 0 Å². The highest BCUT2D eigenvalue weighted by atomic mass is 35.5. The van der Waals surface area contributed by atoms with E-state index in [0.717, 1.165) is 23.8 Å². The van der Waals surface area contributed by atoms with Gasteiger partial charge in [-0.2, -0.15) is 0 Å². The van der Waals surface area contributed by atoms with E-state index in [9.17, 15) is 4.79 Å². The van der Waals surface area contributed by atoms with E-state index in [0.29, 0.717) is 34.7 Å². The van der Waals surface area contributed by atoms with Gasteiger partial charge in [0.05, 0.1) is 5.02 Å². The van der Waals surface area contributed by atoms with E-state index in [1.165, 1.54) is 25.7 Å². The zero-order valence-corrected chi connectivity index (χ0v) is 17.3. The van der Waals surface area contributed by atoms with Crippen LogP contribution >= 0.6 is 23.4 Å². The number of hydrogen-bond acceptors (Lipinski definition) is 6. The third-order valence-electron chi connectivity index (χ3n) is 5.16. The molecule has 1 aliphatic carbocycles. The van der Waals surface area contributed by atoms with Crippen LogP contribution in [0.3, 0.4) is 0 Å². The summed E-state index contributed by atoms with van der Waals surface area (Å²) in [6.07, 6.45) is 8.54. The summed E-state index contributed by atoms with van der Waals surface area (Å²) in [6, 6.07) is 3.77. The van der Waals surface area contributed by atoms with Crippen molar-refractivity contribution in [3.8, 4) is 11.5 Å². The average molecular weight is 423 g/mol. The van der Waals surface area contributed by atoms with Gasteiger partial charge in [-0.1, -0.05) is 36.2 Å². The average Bonchev–Trinajstić information content (AvgIpc) is 3.44. The fourth-order valence-electron chi connectivity index (χ4n) is 3.80. The zero-order valence-electron chi connectivity index (χ0n) is 15.7. The molecule has 7 nitrogen and oxygen atoms in total. The minimum absolute atomic E-state index is 0.125. The molecule has 4 rings (SSSR count). The number of fused-ring (bicyclic) bond motifs is 1. The highest BCUT2D eigenvalue weighted by Gasteiger charge is 2.24. The van der Waals surface area contributed by atoms with Crippen molar-refractivity contribution in [3.63, 3.8) is 0 Å². The molecule has 1 N–H and O–H groups in total. The summed E-state index contributed by atoms with van der Waals surface area (Å²) < 4.78 is 12.9. The Kier molecular flexibility index (Phi) is 5.96. The van der Waals surface area contributed by atoms with Gasteiger partial charge in [-0.05, 0) is 37.7 Å². The first-order valence-electron chi connectivity index (χ1n) is 9.52. The molecule has 150 valence electrons. The largest absolute Gasteiger partial charge is 0.454 e. The number of hydrogen-bond donors (Lipinski definition) is 1. The van der Waals surface area contributed by atoms with Crippen LogP contribution in [-0.2, 0) is 6.42 Å². The summed E-state index contributed by atoms with van der Waals surface area (Å²) in [7, 11) is 0. The molecule has 1 aliphatic heterocycles. The van der Waals surface area contributed by atoms with Crippen molar-refractivity contribution < 1.29 is 14.3 Å². The monoisotopic (exact) mass is 422 g/mol. The van der Waals surface area contributed by atoms with E-state index in [1.54, 1.807) is 23.9 Å². The molecule has 1 saturated carbocycles. The van der Waals surface area contributed by atoms with Crippen LogP contribution in [0.15, 0.2) is 17.3 Å². The molecular formula is C19H23ClN4O3S. The predicted molar refractivity (Wildman–Crippen MR) is 108 cm³/mol. The number of nitrogens with one attached hydrogen (secondary N) is 1. The molecule has 9 heteroatoms. The lowest BCUT2D eigenvalue weighted by Gasteiger charge is -2.16. The van der Waals surface area contributed by atoms with Crippen LogP contribution in [0.5, 0.6) is 11.5 Å². The second-order valence-corrected chi connectivity index (χ2v) is 8.14. The lowest BCUT2D eigenvalue weighted by atomic mass is 10.2. The van der Waals surface area contributed by atoms with Crippen LogP contribution < -0.4 is 14.8 Å². The van der Waals surface area contributed by atoms with Gasteiger partial charge in [-0.3, -0.25) is 4.79 Å². The Morgan fingerprint density at radius 3 is 2.93 bits per heavy atom. The van der Waals surface area contributed by atoms with Gasteiger partial charge in [-0.15, -0.1) is 10.2 Å². The number of thioether (sulfide) groups is 1. The van der Waals surface area contributed by atoms with Crippen LogP contribution in [-0.4, -0.2) is 40.3 Å². The van der Waals surface area contributed by atoms with Crippen molar-refractivity contribution in [2.24, 2.45) is 0 Å². The van der Waals surface area contributed by atoms with E-state index in [4.69, 9.17) is 21.1 Å². The van der Waals surface area contributed by atoms with Gasteiger partial charge < -0.3 is 19.4 Å². The molecule has 1 amide bonds. The lowest BCUT2D eigenvalue weighted by molar-refractivity contribution is 0.0952. The van der Waals surface area contributed by atoms with E-state index in [-0.39, 0.29) is 12.7 Å². The normalized spacial score (nSPS) is 15.9. The van der Waals surface area contributed by atoms with Gasteiger partial charge in [0.1, 0.15) is 5.82 Å². The molecule has 0 unspecified atom stereocenters. The molecule has 0 spiro atoms. The molecule has 2 heterocycles. The molecule has 0 radical (unpaired) electrons. The number of benzene rings is 1. The van der Waals surface area contributed by atoms with Crippen molar-refractivity contribution in [2.75, 3.05) is 19.6 Å². The van der Waals surface area contributed by atoms with Crippen molar-refractivity contribution >= 4 is 29.3 Å². The second-order valence-electron chi connectivity index (χ2n) is 6.96. The maximum absolute atomic E-state index is 12.4. The number of carbonyl (C=O) groups is 1. The molecule has 0 bridgehead atoms. The molecule has 1 aromatic heterocycles. The Balaban J connectivity index is 1.33. The number of ether oxygens (including phenoxy) is 2. The van der Waals surface area contributed by atoms with Gasteiger partial charge in [-0.25, -0.2) is 0 Å². The van der Waals surface area contributed by atoms with Gasteiger partial charge in [0.25, 0.3) is 5.91 Å². The maximum Gasteiger partial charge on any atom is 0.251 e. The number of amides is 1. The van der Waals surface area contributed by atoms with Crippen LogP contribution in [0.25, 0.3) is 0 Å². The summed E-state index contributed by atoms with van der Waals surface area (Å²) in [5.74, 6) is 1.83. The van der Waals surface area contributed by atoms with Gasteiger partial charge in [0.2, 0.25) is 6.79 Å². The fourth-order valence-corrected chi connectivity index (χ4v) is 4.63. The van der Waals surface area contributed by atoms with E-state index < -0.39 is 0 Å². The number of rotatable bonds is 7. The highest BCUT2D eigenvalue weighted by Crippen LogP contribution is 2.39. The zero-order chi connectivity index (χ0) is 19.5. The minimum atomic E-state index is -0.178. The minimum Gasteiger partial charge on any atom is -0.454 e. The third kappa shape index (κ3) is 3.93. The topological polar surface area (TPSA) is 78.3 Å². The Labute approximate surface area is 173 Å². The fraction of sp³-hybridized carbons (Fsp3) is 0.526. The third-order valence-corrected chi connectivity index (χ3v) is 6.08. The lowest BCUT2D eigenvalue weighted by Crippen LogP contribution is -2.25. The van der Waals surface area contributed by atoms with Crippen molar-refractivity contribution in [2.45, 2.75) is 49.7 Å². The number of aryl methyl sites for hydroxylation is 1. The van der Waals surface area contributed by atoms with Gasteiger partial charge in [0, 0.05) is 24.6 Å².